The molecule has 0 aliphatic rings. The smallest absolute Gasteiger partial charge is 0.341 e. The number of esters is 1. The molecule has 0 amide bonds. The van der Waals surface area contributed by atoms with Crippen LogP contribution < -0.4 is 15.0 Å². The number of ether oxygens (including phenoxy) is 2. The number of methoxy groups -OCH3 is 1. The Hall–Kier alpha value is -3.79. The van der Waals surface area contributed by atoms with Crippen molar-refractivity contribution in [1.29, 1.82) is 5.26 Å². The van der Waals surface area contributed by atoms with Crippen LogP contribution >= 0.6 is 0 Å². The summed E-state index contributed by atoms with van der Waals surface area (Å²) in [5.74, 6) is 0.313. The van der Waals surface area contributed by atoms with Crippen molar-refractivity contribution in [2.24, 2.45) is 0 Å². The maximum Gasteiger partial charge on any atom is 0.341 e. The van der Waals surface area contributed by atoms with E-state index in [0.29, 0.717) is 34.3 Å². The molecular weight excluding hydrogens is 380 g/mol. The highest BCUT2D eigenvalue weighted by Crippen LogP contribution is 2.33. The number of pyridine rings is 1. The zero-order valence-electron chi connectivity index (χ0n) is 17.5. The van der Waals surface area contributed by atoms with Gasteiger partial charge in [0.25, 0.3) is 0 Å². The Morgan fingerprint density at radius 2 is 1.97 bits per heavy atom. The summed E-state index contributed by atoms with van der Waals surface area (Å²) in [6.07, 6.45) is 1.52. The van der Waals surface area contributed by atoms with Crippen molar-refractivity contribution in [3.05, 3.63) is 59.3 Å². The SMILES string of the molecule is CCOC(=O)c1cnc2c(N(C)C)cc(C#N)cc2c1NCc1ccc(OC)cc1. The Labute approximate surface area is 175 Å². The van der Waals surface area contributed by atoms with Crippen molar-refractivity contribution >= 4 is 28.2 Å². The molecule has 0 spiro atoms. The van der Waals surface area contributed by atoms with Crippen molar-refractivity contribution in [3.8, 4) is 11.8 Å². The molecule has 1 heterocycles. The molecule has 7 nitrogen and oxygen atoms in total. The summed E-state index contributed by atoms with van der Waals surface area (Å²) in [6, 6.07) is 13.4. The standard InChI is InChI=1S/C23H24N4O3/c1-5-30-23(28)19-14-26-22-18(10-16(12-24)11-20(22)27(2)3)21(19)25-13-15-6-8-17(29-4)9-7-15/h6-11,14H,5,13H2,1-4H3,(H,25,26). The third kappa shape index (κ3) is 4.28. The second-order valence-corrected chi connectivity index (χ2v) is 6.87. The summed E-state index contributed by atoms with van der Waals surface area (Å²) in [5, 5.41) is 13.6. The number of carbonyl (C=O) groups excluding carboxylic acids is 1. The van der Waals surface area contributed by atoms with E-state index in [1.165, 1.54) is 6.20 Å². The first-order chi connectivity index (χ1) is 14.5. The van der Waals surface area contributed by atoms with E-state index in [2.05, 4.69) is 16.4 Å². The van der Waals surface area contributed by atoms with Gasteiger partial charge in [0.2, 0.25) is 0 Å². The molecule has 1 N–H and O–H groups in total. The second kappa shape index (κ2) is 9.14. The van der Waals surface area contributed by atoms with Gasteiger partial charge in [-0.1, -0.05) is 12.1 Å². The van der Waals surface area contributed by atoms with Gasteiger partial charge in [-0.3, -0.25) is 4.98 Å². The predicted molar refractivity (Wildman–Crippen MR) is 117 cm³/mol. The first kappa shape index (κ1) is 20.9. The van der Waals surface area contributed by atoms with E-state index < -0.39 is 5.97 Å². The van der Waals surface area contributed by atoms with Gasteiger partial charge in [-0.25, -0.2) is 4.79 Å². The number of benzene rings is 2. The van der Waals surface area contributed by atoms with Gasteiger partial charge in [0, 0.05) is 32.2 Å². The van der Waals surface area contributed by atoms with Crippen molar-refractivity contribution in [2.45, 2.75) is 13.5 Å². The molecular formula is C23H24N4O3. The van der Waals surface area contributed by atoms with Crippen LogP contribution in [0.2, 0.25) is 0 Å². The predicted octanol–water partition coefficient (Wildman–Crippen LogP) is 3.97. The van der Waals surface area contributed by atoms with E-state index in [9.17, 15) is 10.1 Å². The van der Waals surface area contributed by atoms with Crippen molar-refractivity contribution < 1.29 is 14.3 Å². The molecule has 30 heavy (non-hydrogen) atoms. The second-order valence-electron chi connectivity index (χ2n) is 6.87. The number of hydrogen-bond acceptors (Lipinski definition) is 7. The molecule has 0 bridgehead atoms. The van der Waals surface area contributed by atoms with E-state index in [1.54, 1.807) is 26.2 Å². The van der Waals surface area contributed by atoms with Crippen molar-refractivity contribution in [1.82, 2.24) is 4.98 Å². The fraction of sp³-hybridized carbons (Fsp3) is 0.261. The minimum atomic E-state index is -0.460. The Bertz CT molecular complexity index is 1100. The van der Waals surface area contributed by atoms with Gasteiger partial charge in [-0.2, -0.15) is 5.26 Å². The number of carbonyl (C=O) groups is 1. The Balaban J connectivity index is 2.13. The highest BCUT2D eigenvalue weighted by Gasteiger charge is 2.19. The lowest BCUT2D eigenvalue weighted by Crippen LogP contribution is -2.14. The molecule has 0 fully saturated rings. The summed E-state index contributed by atoms with van der Waals surface area (Å²) in [4.78, 5) is 19.0. The number of nitriles is 1. The van der Waals surface area contributed by atoms with Crippen LogP contribution in [0.15, 0.2) is 42.6 Å². The minimum absolute atomic E-state index is 0.260. The Morgan fingerprint density at radius 1 is 1.23 bits per heavy atom. The zero-order chi connectivity index (χ0) is 21.7. The lowest BCUT2D eigenvalue weighted by molar-refractivity contribution is 0.0527. The number of rotatable bonds is 7. The topological polar surface area (TPSA) is 87.5 Å². The molecule has 2 aromatic carbocycles. The molecule has 3 aromatic rings. The van der Waals surface area contributed by atoms with Gasteiger partial charge >= 0.3 is 5.97 Å². The first-order valence-electron chi connectivity index (χ1n) is 9.56. The molecule has 7 heteroatoms. The first-order valence-corrected chi connectivity index (χ1v) is 9.56. The molecule has 0 unspecified atom stereocenters. The molecule has 0 aliphatic carbocycles. The quantitative estimate of drug-likeness (QED) is 0.596. The van der Waals surface area contributed by atoms with E-state index in [4.69, 9.17) is 9.47 Å². The molecule has 3 rings (SSSR count). The van der Waals surface area contributed by atoms with Crippen LogP contribution in [-0.2, 0) is 11.3 Å². The van der Waals surface area contributed by atoms with Crippen LogP contribution in [0, 0.1) is 11.3 Å². The third-order valence-corrected chi connectivity index (χ3v) is 4.69. The molecule has 0 radical (unpaired) electrons. The Morgan fingerprint density at radius 3 is 2.57 bits per heavy atom. The van der Waals surface area contributed by atoms with Crippen LogP contribution in [0.3, 0.4) is 0 Å². The van der Waals surface area contributed by atoms with Crippen LogP contribution in [0.25, 0.3) is 10.9 Å². The molecule has 154 valence electrons. The highest BCUT2D eigenvalue weighted by molar-refractivity contribution is 6.08. The van der Waals surface area contributed by atoms with Crippen LogP contribution in [-0.4, -0.2) is 38.8 Å². The zero-order valence-corrected chi connectivity index (χ0v) is 17.5. The Kier molecular flexibility index (Phi) is 6.38. The van der Waals surface area contributed by atoms with Crippen molar-refractivity contribution in [3.63, 3.8) is 0 Å². The lowest BCUT2D eigenvalue weighted by Gasteiger charge is -2.19. The monoisotopic (exact) mass is 404 g/mol. The summed E-state index contributed by atoms with van der Waals surface area (Å²) in [7, 11) is 5.40. The summed E-state index contributed by atoms with van der Waals surface area (Å²) < 4.78 is 10.4. The molecule has 0 saturated heterocycles. The number of nitrogens with one attached hydrogen (secondary N) is 1. The van der Waals surface area contributed by atoms with Gasteiger partial charge in [0.15, 0.2) is 0 Å². The number of aromatic nitrogens is 1. The minimum Gasteiger partial charge on any atom is -0.497 e. The van der Waals surface area contributed by atoms with Crippen LogP contribution in [0.4, 0.5) is 11.4 Å². The number of fused-ring (bicyclic) bond motifs is 1. The van der Waals surface area contributed by atoms with E-state index in [-0.39, 0.29) is 6.61 Å². The summed E-state index contributed by atoms with van der Waals surface area (Å²) in [5.41, 5.74) is 3.92. The fourth-order valence-corrected chi connectivity index (χ4v) is 3.18. The van der Waals surface area contributed by atoms with Gasteiger partial charge < -0.3 is 19.7 Å². The normalized spacial score (nSPS) is 10.4. The van der Waals surface area contributed by atoms with E-state index in [1.807, 2.05) is 43.3 Å². The number of hydrogen-bond donors (Lipinski definition) is 1. The number of anilines is 2. The summed E-state index contributed by atoms with van der Waals surface area (Å²) in [6.45, 7) is 2.49. The molecule has 0 saturated carbocycles. The van der Waals surface area contributed by atoms with Gasteiger partial charge in [0.05, 0.1) is 42.2 Å². The average Bonchev–Trinajstić information content (AvgIpc) is 2.76. The average molecular weight is 404 g/mol. The molecule has 1 aromatic heterocycles. The van der Waals surface area contributed by atoms with E-state index in [0.717, 1.165) is 17.0 Å². The third-order valence-electron chi connectivity index (χ3n) is 4.69. The van der Waals surface area contributed by atoms with Crippen molar-refractivity contribution in [2.75, 3.05) is 38.0 Å². The van der Waals surface area contributed by atoms with Crippen LogP contribution in [0.1, 0.15) is 28.4 Å². The molecule has 0 atom stereocenters. The van der Waals surface area contributed by atoms with Gasteiger partial charge in [-0.15, -0.1) is 0 Å². The lowest BCUT2D eigenvalue weighted by atomic mass is 10.0. The van der Waals surface area contributed by atoms with Gasteiger partial charge in [-0.05, 0) is 36.8 Å². The fourth-order valence-electron chi connectivity index (χ4n) is 3.18. The van der Waals surface area contributed by atoms with Crippen LogP contribution in [0.5, 0.6) is 5.75 Å². The maximum absolute atomic E-state index is 12.6. The highest BCUT2D eigenvalue weighted by atomic mass is 16.5. The molecule has 0 aliphatic heterocycles. The maximum atomic E-state index is 12.6. The summed E-state index contributed by atoms with van der Waals surface area (Å²) >= 11 is 0. The number of nitrogens with zero attached hydrogens (tertiary/aromatic N) is 3. The largest absolute Gasteiger partial charge is 0.497 e. The van der Waals surface area contributed by atoms with Gasteiger partial charge in [0.1, 0.15) is 11.3 Å². The van der Waals surface area contributed by atoms with E-state index >= 15 is 0 Å².